The van der Waals surface area contributed by atoms with E-state index in [9.17, 15) is 9.18 Å². The number of carbonyl (C=O) groups is 1. The normalized spacial score (nSPS) is 11.8. The Hall–Kier alpha value is -2.67. The molecule has 0 saturated carbocycles. The molecule has 1 heterocycles. The number of imidazole rings is 1. The molecule has 1 amide bonds. The quantitative estimate of drug-likeness (QED) is 0.666. The Balaban J connectivity index is 1.74. The average molecular weight is 418 g/mol. The summed E-state index contributed by atoms with van der Waals surface area (Å²) in [6.07, 6.45) is 3.40. The minimum absolute atomic E-state index is 0.155. The minimum atomic E-state index is -0.577. The van der Waals surface area contributed by atoms with Gasteiger partial charge in [-0.2, -0.15) is 0 Å². The van der Waals surface area contributed by atoms with Crippen LogP contribution in [0.2, 0.25) is 0 Å². The van der Waals surface area contributed by atoms with Crippen LogP contribution in [0, 0.1) is 5.82 Å². The van der Waals surface area contributed by atoms with Crippen LogP contribution >= 0.6 is 15.9 Å². The number of hydrogen-bond acceptors (Lipinski definition) is 3. The zero-order valence-electron chi connectivity index (χ0n) is 14.0. The van der Waals surface area contributed by atoms with Crippen molar-refractivity contribution in [3.05, 3.63) is 82.6 Å². The largest absolute Gasteiger partial charge is 0.484 e. The third kappa shape index (κ3) is 4.49. The van der Waals surface area contributed by atoms with Crippen molar-refractivity contribution in [2.45, 2.75) is 6.04 Å². The second-order valence-corrected chi connectivity index (χ2v) is 6.61. The van der Waals surface area contributed by atoms with Gasteiger partial charge in [-0.25, -0.2) is 9.37 Å². The molecule has 134 valence electrons. The van der Waals surface area contributed by atoms with Gasteiger partial charge in [0.2, 0.25) is 0 Å². The van der Waals surface area contributed by atoms with E-state index in [0.717, 1.165) is 4.47 Å². The van der Waals surface area contributed by atoms with Crippen LogP contribution < -0.4 is 10.1 Å². The van der Waals surface area contributed by atoms with Gasteiger partial charge >= 0.3 is 0 Å². The lowest BCUT2D eigenvalue weighted by Crippen LogP contribution is -2.34. The zero-order chi connectivity index (χ0) is 18.5. The van der Waals surface area contributed by atoms with Gasteiger partial charge in [0.15, 0.2) is 6.61 Å². The maximum absolute atomic E-state index is 13.6. The first-order valence-corrected chi connectivity index (χ1v) is 8.72. The number of amides is 1. The van der Waals surface area contributed by atoms with Gasteiger partial charge in [-0.05, 0) is 42.0 Å². The highest BCUT2D eigenvalue weighted by atomic mass is 79.9. The lowest BCUT2D eigenvalue weighted by molar-refractivity contribution is -0.123. The van der Waals surface area contributed by atoms with Crippen LogP contribution in [0.1, 0.15) is 17.4 Å². The second-order valence-electron chi connectivity index (χ2n) is 5.69. The average Bonchev–Trinajstić information content (AvgIpc) is 3.05. The van der Waals surface area contributed by atoms with Crippen LogP contribution in [0.3, 0.4) is 0 Å². The molecule has 0 spiro atoms. The molecule has 2 aromatic carbocycles. The highest BCUT2D eigenvalue weighted by molar-refractivity contribution is 9.10. The molecule has 0 unspecified atom stereocenters. The van der Waals surface area contributed by atoms with Crippen LogP contribution in [-0.4, -0.2) is 22.1 Å². The number of aromatic nitrogens is 2. The van der Waals surface area contributed by atoms with Crippen molar-refractivity contribution >= 4 is 21.8 Å². The van der Waals surface area contributed by atoms with Crippen molar-refractivity contribution in [3.63, 3.8) is 0 Å². The number of benzene rings is 2. The summed E-state index contributed by atoms with van der Waals surface area (Å²) >= 11 is 3.34. The van der Waals surface area contributed by atoms with Crippen LogP contribution in [0.5, 0.6) is 5.75 Å². The summed E-state index contributed by atoms with van der Waals surface area (Å²) in [5.41, 5.74) is 0.608. The number of aryl methyl sites for hydroxylation is 1. The summed E-state index contributed by atoms with van der Waals surface area (Å²) in [6, 6.07) is 12.7. The molecule has 7 heteroatoms. The molecule has 3 rings (SSSR count). The monoisotopic (exact) mass is 417 g/mol. The van der Waals surface area contributed by atoms with Gasteiger partial charge in [0.05, 0.1) is 0 Å². The highest BCUT2D eigenvalue weighted by Crippen LogP contribution is 2.21. The van der Waals surface area contributed by atoms with E-state index < -0.39 is 6.04 Å². The van der Waals surface area contributed by atoms with Crippen molar-refractivity contribution in [3.8, 4) is 5.75 Å². The Morgan fingerprint density at radius 3 is 2.73 bits per heavy atom. The summed E-state index contributed by atoms with van der Waals surface area (Å²) < 4.78 is 21.8. The molecular formula is C19H17BrFN3O2. The van der Waals surface area contributed by atoms with Crippen molar-refractivity contribution in [1.29, 1.82) is 0 Å². The van der Waals surface area contributed by atoms with E-state index in [4.69, 9.17) is 4.74 Å². The predicted molar refractivity (Wildman–Crippen MR) is 99.2 cm³/mol. The van der Waals surface area contributed by atoms with E-state index in [1.807, 2.05) is 19.2 Å². The molecule has 3 aromatic rings. The Labute approximate surface area is 159 Å². The number of nitrogens with one attached hydrogen (secondary N) is 1. The number of carbonyl (C=O) groups excluding carboxylic acids is 1. The summed E-state index contributed by atoms with van der Waals surface area (Å²) in [4.78, 5) is 16.7. The van der Waals surface area contributed by atoms with Gasteiger partial charge in [0.1, 0.15) is 23.4 Å². The molecule has 1 N–H and O–H groups in total. The third-order valence-corrected chi connectivity index (χ3v) is 4.32. The highest BCUT2D eigenvalue weighted by Gasteiger charge is 2.21. The van der Waals surface area contributed by atoms with Gasteiger partial charge in [-0.3, -0.25) is 4.79 Å². The van der Waals surface area contributed by atoms with Crippen molar-refractivity contribution < 1.29 is 13.9 Å². The van der Waals surface area contributed by atoms with E-state index >= 15 is 0 Å². The van der Waals surface area contributed by atoms with Crippen LogP contribution in [-0.2, 0) is 11.8 Å². The van der Waals surface area contributed by atoms with E-state index in [1.54, 1.807) is 41.2 Å². The lowest BCUT2D eigenvalue weighted by atomic mass is 10.1. The molecule has 26 heavy (non-hydrogen) atoms. The lowest BCUT2D eigenvalue weighted by Gasteiger charge is -2.19. The van der Waals surface area contributed by atoms with Gasteiger partial charge in [-0.15, -0.1) is 0 Å². The molecule has 0 bridgehead atoms. The molecular weight excluding hydrogens is 401 g/mol. The van der Waals surface area contributed by atoms with Crippen molar-refractivity contribution in [2.24, 2.45) is 7.05 Å². The van der Waals surface area contributed by atoms with Gasteiger partial charge in [0, 0.05) is 23.9 Å². The molecule has 0 radical (unpaired) electrons. The third-order valence-electron chi connectivity index (χ3n) is 3.79. The summed E-state index contributed by atoms with van der Waals surface area (Å²) in [5.74, 6) is 0.488. The molecule has 1 aromatic heterocycles. The van der Waals surface area contributed by atoms with Crippen molar-refractivity contribution in [2.75, 3.05) is 6.61 Å². The van der Waals surface area contributed by atoms with Gasteiger partial charge in [-0.1, -0.05) is 28.1 Å². The Kier molecular flexibility index (Phi) is 5.68. The summed E-state index contributed by atoms with van der Waals surface area (Å²) in [5, 5.41) is 2.86. The molecule has 0 aliphatic rings. The SMILES string of the molecule is Cn1ccnc1[C@H](NC(=O)COc1ccc(Br)cc1)c1cccc(F)c1. The van der Waals surface area contributed by atoms with Gasteiger partial charge in [0.25, 0.3) is 5.91 Å². The molecule has 0 fully saturated rings. The second kappa shape index (κ2) is 8.14. The predicted octanol–water partition coefficient (Wildman–Crippen LogP) is 3.61. The number of nitrogens with zero attached hydrogens (tertiary/aromatic N) is 2. The first-order valence-electron chi connectivity index (χ1n) is 7.93. The molecule has 0 aliphatic carbocycles. The van der Waals surface area contributed by atoms with Gasteiger partial charge < -0.3 is 14.6 Å². The van der Waals surface area contributed by atoms with E-state index in [1.165, 1.54) is 12.1 Å². The number of ether oxygens (including phenoxy) is 1. The summed E-state index contributed by atoms with van der Waals surface area (Å²) in [7, 11) is 1.82. The standard InChI is InChI=1S/C19H17BrFN3O2/c1-24-10-9-22-19(24)18(13-3-2-4-15(21)11-13)23-17(25)12-26-16-7-5-14(20)6-8-16/h2-11,18H,12H2,1H3,(H,23,25)/t18-/m1/s1. The van der Waals surface area contributed by atoms with E-state index in [0.29, 0.717) is 17.1 Å². The maximum Gasteiger partial charge on any atom is 0.258 e. The van der Waals surface area contributed by atoms with Crippen molar-refractivity contribution in [1.82, 2.24) is 14.9 Å². The van der Waals surface area contributed by atoms with Crippen LogP contribution in [0.25, 0.3) is 0 Å². The molecule has 1 atom stereocenters. The van der Waals surface area contributed by atoms with E-state index in [2.05, 4.69) is 26.2 Å². The fourth-order valence-corrected chi connectivity index (χ4v) is 2.79. The first kappa shape index (κ1) is 18.1. The molecule has 5 nitrogen and oxygen atoms in total. The molecule has 0 saturated heterocycles. The van der Waals surface area contributed by atoms with E-state index in [-0.39, 0.29) is 18.3 Å². The summed E-state index contributed by atoms with van der Waals surface area (Å²) in [6.45, 7) is -0.155. The number of hydrogen-bond donors (Lipinski definition) is 1. The maximum atomic E-state index is 13.6. The smallest absolute Gasteiger partial charge is 0.258 e. The zero-order valence-corrected chi connectivity index (χ0v) is 15.6. The Morgan fingerprint density at radius 1 is 1.31 bits per heavy atom. The van der Waals surface area contributed by atoms with Crippen LogP contribution in [0.15, 0.2) is 65.4 Å². The fourth-order valence-electron chi connectivity index (χ4n) is 2.52. The fraction of sp³-hybridized carbons (Fsp3) is 0.158. The molecule has 0 aliphatic heterocycles. The topological polar surface area (TPSA) is 56.2 Å². The first-order chi connectivity index (χ1) is 12.5. The Bertz CT molecular complexity index is 896. The number of halogens is 2. The number of rotatable bonds is 6. The Morgan fingerprint density at radius 2 is 2.08 bits per heavy atom. The minimum Gasteiger partial charge on any atom is -0.484 e. The van der Waals surface area contributed by atoms with Crippen LogP contribution in [0.4, 0.5) is 4.39 Å².